The molecule has 3 aliphatic rings. The molecule has 4 heterocycles. The molecule has 1 unspecified atom stereocenters. The summed E-state index contributed by atoms with van der Waals surface area (Å²) in [6.07, 6.45) is 1.83. The van der Waals surface area contributed by atoms with E-state index in [1.807, 2.05) is 0 Å². The number of nitrogens with one attached hydrogen (secondary N) is 2. The van der Waals surface area contributed by atoms with Gasteiger partial charge in [0.1, 0.15) is 5.02 Å². The molecule has 2 amide bonds. The van der Waals surface area contributed by atoms with Crippen LogP contribution in [0.4, 0.5) is 37.6 Å². The van der Waals surface area contributed by atoms with Gasteiger partial charge in [0.2, 0.25) is 18.1 Å². The number of hydrogen-bond donors (Lipinski definition) is 3. The van der Waals surface area contributed by atoms with E-state index in [0.29, 0.717) is 17.1 Å². The molecule has 11 nitrogen and oxygen atoms in total. The van der Waals surface area contributed by atoms with Crippen molar-refractivity contribution < 1.29 is 23.5 Å². The lowest BCUT2D eigenvalue weighted by atomic mass is 9.87. The van der Waals surface area contributed by atoms with E-state index in [-0.39, 0.29) is 54.8 Å². The summed E-state index contributed by atoms with van der Waals surface area (Å²) < 4.78 is 28.8. The molecule has 3 aliphatic heterocycles. The molecule has 0 saturated carbocycles. The zero-order valence-electron chi connectivity index (χ0n) is 24.9. The summed E-state index contributed by atoms with van der Waals surface area (Å²) >= 11 is 6.42. The van der Waals surface area contributed by atoms with Gasteiger partial charge in [-0.2, -0.15) is 4.98 Å². The molecule has 1 aromatic carbocycles. The third kappa shape index (κ3) is 6.48. The van der Waals surface area contributed by atoms with Crippen molar-refractivity contribution in [1.82, 2.24) is 20.2 Å². The number of aliphatic hydroxyl groups excluding tert-OH is 1. The van der Waals surface area contributed by atoms with Crippen LogP contribution in [0.5, 0.6) is 0 Å². The molecule has 0 radical (unpaired) electrons. The lowest BCUT2D eigenvalue weighted by Gasteiger charge is -2.41. The van der Waals surface area contributed by atoms with E-state index < -0.39 is 29.9 Å². The van der Waals surface area contributed by atoms with Crippen LogP contribution in [-0.4, -0.2) is 96.8 Å². The number of piperidine rings is 2. The standard InChI is InChI=1S/C29H39ClF2N8O3/c1-17-15-39(16-18(2)29(17,31)32)28-33-14-21(30)25(36-28)35-20-5-6-22-23(13-20)40(27(43)26(42)38(22)4)12-9-24(41)34-19-7-10-37(3)11-8-19/h5-6,13-14,17-19,27,43H,7-12,15-16H2,1-4H3,(H,34,41)(H,33,35,36)/t17-,18+,27?. The van der Waals surface area contributed by atoms with E-state index in [0.717, 1.165) is 25.9 Å². The van der Waals surface area contributed by atoms with Gasteiger partial charge < -0.3 is 35.3 Å². The van der Waals surface area contributed by atoms with Crippen molar-refractivity contribution in [3.05, 3.63) is 29.4 Å². The fourth-order valence-electron chi connectivity index (χ4n) is 5.95. The third-order valence-corrected chi connectivity index (χ3v) is 9.01. The number of fused-ring (bicyclic) bond motifs is 1. The normalized spacial score (nSPS) is 24.6. The third-order valence-electron chi connectivity index (χ3n) is 8.74. The number of likely N-dealkylation sites (tertiary alicyclic amines) is 1. The Balaban J connectivity index is 1.33. The van der Waals surface area contributed by atoms with Crippen LogP contribution in [0.2, 0.25) is 5.02 Å². The second-order valence-electron chi connectivity index (χ2n) is 11.9. The molecule has 3 atom stereocenters. The number of rotatable bonds is 7. The van der Waals surface area contributed by atoms with Crippen molar-refractivity contribution in [2.24, 2.45) is 11.8 Å². The van der Waals surface area contributed by atoms with Gasteiger partial charge in [-0.05, 0) is 51.2 Å². The first-order chi connectivity index (χ1) is 20.3. The number of aliphatic hydroxyl groups is 1. The van der Waals surface area contributed by atoms with E-state index in [2.05, 4.69) is 32.5 Å². The quantitative estimate of drug-likeness (QED) is 0.429. The van der Waals surface area contributed by atoms with Crippen LogP contribution in [0.15, 0.2) is 24.4 Å². The lowest BCUT2D eigenvalue weighted by Crippen LogP contribution is -2.53. The molecule has 0 spiro atoms. The monoisotopic (exact) mass is 620 g/mol. The first-order valence-electron chi connectivity index (χ1n) is 14.6. The van der Waals surface area contributed by atoms with Gasteiger partial charge in [0, 0.05) is 56.7 Å². The van der Waals surface area contributed by atoms with E-state index in [4.69, 9.17) is 11.6 Å². The maximum atomic E-state index is 14.4. The number of likely N-dealkylation sites (N-methyl/N-ethyl adjacent to an activating group) is 1. The van der Waals surface area contributed by atoms with Crippen molar-refractivity contribution in [2.45, 2.75) is 51.3 Å². The van der Waals surface area contributed by atoms with Crippen LogP contribution in [0.3, 0.4) is 0 Å². The van der Waals surface area contributed by atoms with Crippen molar-refractivity contribution >= 4 is 52.2 Å². The zero-order valence-corrected chi connectivity index (χ0v) is 25.6. The summed E-state index contributed by atoms with van der Waals surface area (Å²) in [4.78, 5) is 41.3. The van der Waals surface area contributed by atoms with E-state index in [1.54, 1.807) is 30.1 Å². The Hall–Kier alpha value is -3.29. The molecule has 14 heteroatoms. The smallest absolute Gasteiger partial charge is 0.276 e. The molecule has 0 aliphatic carbocycles. The van der Waals surface area contributed by atoms with Crippen LogP contribution in [0, 0.1) is 11.8 Å². The number of amides is 2. The van der Waals surface area contributed by atoms with Crippen molar-refractivity contribution in [2.75, 3.05) is 66.8 Å². The Morgan fingerprint density at radius 1 is 1.14 bits per heavy atom. The highest BCUT2D eigenvalue weighted by Crippen LogP contribution is 2.40. The molecule has 234 valence electrons. The van der Waals surface area contributed by atoms with Gasteiger partial charge in [-0.3, -0.25) is 9.59 Å². The highest BCUT2D eigenvalue weighted by molar-refractivity contribution is 6.32. The van der Waals surface area contributed by atoms with Crippen molar-refractivity contribution in [1.29, 1.82) is 0 Å². The summed E-state index contributed by atoms with van der Waals surface area (Å²) in [5.74, 6) is -4.56. The molecular formula is C29H39ClF2N8O3. The minimum Gasteiger partial charge on any atom is -0.365 e. The second-order valence-corrected chi connectivity index (χ2v) is 12.3. The molecule has 3 N–H and O–H groups in total. The highest BCUT2D eigenvalue weighted by atomic mass is 35.5. The first kappa shape index (κ1) is 31.1. The Labute approximate surface area is 255 Å². The van der Waals surface area contributed by atoms with Gasteiger partial charge in [-0.1, -0.05) is 25.4 Å². The Morgan fingerprint density at radius 2 is 1.81 bits per heavy atom. The highest BCUT2D eigenvalue weighted by Gasteiger charge is 2.47. The number of carbonyl (C=O) groups is 2. The summed E-state index contributed by atoms with van der Waals surface area (Å²) in [6.45, 7) is 5.22. The average molecular weight is 621 g/mol. The van der Waals surface area contributed by atoms with E-state index >= 15 is 0 Å². The number of anilines is 5. The zero-order chi connectivity index (χ0) is 31.1. The maximum absolute atomic E-state index is 14.4. The summed E-state index contributed by atoms with van der Waals surface area (Å²) in [5, 5.41) is 17.4. The average Bonchev–Trinajstić information content (AvgIpc) is 2.97. The summed E-state index contributed by atoms with van der Waals surface area (Å²) in [6, 6.07) is 5.34. The molecule has 0 bridgehead atoms. The van der Waals surface area contributed by atoms with Gasteiger partial charge >= 0.3 is 0 Å². The van der Waals surface area contributed by atoms with Crippen LogP contribution in [0.25, 0.3) is 0 Å². The van der Waals surface area contributed by atoms with Crippen molar-refractivity contribution in [3.8, 4) is 0 Å². The molecule has 1 aromatic heterocycles. The van der Waals surface area contributed by atoms with Gasteiger partial charge in [-0.15, -0.1) is 0 Å². The number of alkyl halides is 2. The SMILES string of the molecule is C[C@@H]1CN(c2ncc(Cl)c(Nc3ccc4c(c3)N(CCC(=O)NC3CCN(C)CC3)C(O)C(=O)N4C)n2)C[C@H](C)C1(F)F. The topological polar surface area (TPSA) is 117 Å². The Bertz CT molecular complexity index is 1350. The predicted molar refractivity (Wildman–Crippen MR) is 162 cm³/mol. The van der Waals surface area contributed by atoms with Crippen LogP contribution >= 0.6 is 11.6 Å². The van der Waals surface area contributed by atoms with E-state index in [1.165, 1.54) is 29.8 Å². The second kappa shape index (κ2) is 12.4. The van der Waals surface area contributed by atoms with Gasteiger partial charge in [0.25, 0.3) is 11.8 Å². The Kier molecular flexibility index (Phi) is 8.96. The van der Waals surface area contributed by atoms with E-state index in [9.17, 15) is 23.5 Å². The number of carbonyl (C=O) groups excluding carboxylic acids is 2. The number of nitrogens with zero attached hydrogens (tertiary/aromatic N) is 6. The number of benzene rings is 1. The minimum atomic E-state index is -2.77. The molecule has 2 saturated heterocycles. The largest absolute Gasteiger partial charge is 0.365 e. The fourth-order valence-corrected chi connectivity index (χ4v) is 6.09. The summed E-state index contributed by atoms with van der Waals surface area (Å²) in [5.41, 5.74) is 1.69. The van der Waals surface area contributed by atoms with Crippen LogP contribution < -0.4 is 25.3 Å². The number of aromatic nitrogens is 2. The van der Waals surface area contributed by atoms with Crippen LogP contribution in [0.1, 0.15) is 33.1 Å². The Morgan fingerprint density at radius 3 is 2.49 bits per heavy atom. The van der Waals surface area contributed by atoms with Gasteiger partial charge in [0.15, 0.2) is 5.82 Å². The molecular weight excluding hydrogens is 582 g/mol. The number of halogens is 3. The molecule has 5 rings (SSSR count). The lowest BCUT2D eigenvalue weighted by molar-refractivity contribution is -0.127. The maximum Gasteiger partial charge on any atom is 0.276 e. The van der Waals surface area contributed by atoms with Crippen molar-refractivity contribution in [3.63, 3.8) is 0 Å². The summed E-state index contributed by atoms with van der Waals surface area (Å²) in [7, 11) is 3.64. The first-order valence-corrected chi connectivity index (χ1v) is 15.0. The molecule has 2 fully saturated rings. The fraction of sp³-hybridized carbons (Fsp3) is 0.586. The number of hydrogen-bond acceptors (Lipinski definition) is 9. The van der Waals surface area contributed by atoms with Gasteiger partial charge in [-0.25, -0.2) is 13.8 Å². The molecule has 2 aromatic rings. The van der Waals surface area contributed by atoms with Crippen LogP contribution in [-0.2, 0) is 9.59 Å². The molecule has 43 heavy (non-hydrogen) atoms. The minimum absolute atomic E-state index is 0.102. The predicted octanol–water partition coefficient (Wildman–Crippen LogP) is 3.30. The van der Waals surface area contributed by atoms with Gasteiger partial charge in [0.05, 0.1) is 17.6 Å².